The number of hydrogen-bond acceptors (Lipinski definition) is 3. The fourth-order valence-corrected chi connectivity index (χ4v) is 3.30. The zero-order chi connectivity index (χ0) is 20.8. The minimum absolute atomic E-state index is 0.0448. The lowest BCUT2D eigenvalue weighted by atomic mass is 9.82. The maximum absolute atomic E-state index is 12.5. The van der Waals surface area contributed by atoms with E-state index in [0.29, 0.717) is 41.6 Å². The summed E-state index contributed by atoms with van der Waals surface area (Å²) >= 11 is 0. The van der Waals surface area contributed by atoms with Crippen molar-refractivity contribution >= 4 is 11.6 Å². The van der Waals surface area contributed by atoms with Gasteiger partial charge in [0, 0.05) is 22.3 Å². The Kier molecular flexibility index (Phi) is 8.61. The number of rotatable bonds is 9. The Hall–Kier alpha value is -1.74. The standard InChI is InChI=1S/C24H36O3/c1-16(2)10-8-11-17(3)12-9-14-24(7,27)15-13-21-20(6)22(25)18(4)19(5)23(21)26/h10,12,27H,8-9,11,13-15H2,1-7H3/b17-12+/t24-/m1/s1. The summed E-state index contributed by atoms with van der Waals surface area (Å²) in [4.78, 5) is 24.7. The molecule has 1 atom stereocenters. The van der Waals surface area contributed by atoms with Crippen molar-refractivity contribution in [3.05, 3.63) is 45.6 Å². The van der Waals surface area contributed by atoms with E-state index in [1.807, 2.05) is 6.92 Å². The highest BCUT2D eigenvalue weighted by Crippen LogP contribution is 2.30. The average Bonchev–Trinajstić information content (AvgIpc) is 2.57. The Morgan fingerprint density at radius 1 is 0.889 bits per heavy atom. The van der Waals surface area contributed by atoms with Crippen molar-refractivity contribution in [1.82, 2.24) is 0 Å². The van der Waals surface area contributed by atoms with Gasteiger partial charge in [-0.25, -0.2) is 0 Å². The molecule has 0 fully saturated rings. The van der Waals surface area contributed by atoms with Gasteiger partial charge in [-0.15, -0.1) is 0 Å². The molecule has 0 amide bonds. The molecule has 1 N–H and O–H groups in total. The molecule has 0 bridgehead atoms. The summed E-state index contributed by atoms with van der Waals surface area (Å²) < 4.78 is 0. The third kappa shape index (κ3) is 7.06. The van der Waals surface area contributed by atoms with E-state index in [-0.39, 0.29) is 11.6 Å². The van der Waals surface area contributed by atoms with Gasteiger partial charge in [-0.1, -0.05) is 23.3 Å². The molecule has 27 heavy (non-hydrogen) atoms. The molecule has 0 aliphatic heterocycles. The number of carbonyl (C=O) groups excluding carboxylic acids is 2. The van der Waals surface area contributed by atoms with E-state index >= 15 is 0 Å². The molecular weight excluding hydrogens is 336 g/mol. The molecule has 0 spiro atoms. The molecule has 0 unspecified atom stereocenters. The number of Topliss-reactive ketones (excluding diaryl/α,β-unsaturated/α-hetero) is 2. The monoisotopic (exact) mass is 372 g/mol. The van der Waals surface area contributed by atoms with Crippen LogP contribution in [0.5, 0.6) is 0 Å². The summed E-state index contributed by atoms with van der Waals surface area (Å²) in [5.41, 5.74) is 4.01. The van der Waals surface area contributed by atoms with E-state index in [2.05, 4.69) is 32.9 Å². The fraction of sp³-hybridized carbons (Fsp3) is 0.583. The fourth-order valence-electron chi connectivity index (χ4n) is 3.30. The predicted octanol–water partition coefficient (Wildman–Crippen LogP) is 5.80. The van der Waals surface area contributed by atoms with Crippen molar-refractivity contribution in [3.63, 3.8) is 0 Å². The van der Waals surface area contributed by atoms with E-state index < -0.39 is 5.60 Å². The van der Waals surface area contributed by atoms with Gasteiger partial charge in [0.2, 0.25) is 0 Å². The van der Waals surface area contributed by atoms with Gasteiger partial charge in [-0.2, -0.15) is 0 Å². The third-order valence-electron chi connectivity index (χ3n) is 5.49. The van der Waals surface area contributed by atoms with Gasteiger partial charge < -0.3 is 5.11 Å². The predicted molar refractivity (Wildman–Crippen MR) is 113 cm³/mol. The molecule has 1 rings (SSSR count). The van der Waals surface area contributed by atoms with Crippen LogP contribution in [0.2, 0.25) is 0 Å². The largest absolute Gasteiger partial charge is 0.390 e. The van der Waals surface area contributed by atoms with Gasteiger partial charge in [0.15, 0.2) is 11.6 Å². The SMILES string of the molecule is CC(C)=CCC/C(C)=C/CC[C@@](C)(O)CCC1=C(C)C(=O)C(C)=C(C)C1=O. The number of allylic oxidation sites excluding steroid dienone is 8. The highest BCUT2D eigenvalue weighted by Gasteiger charge is 2.29. The Morgan fingerprint density at radius 3 is 2.07 bits per heavy atom. The van der Waals surface area contributed by atoms with E-state index in [0.717, 1.165) is 19.3 Å². The number of carbonyl (C=O) groups is 2. The molecule has 0 saturated heterocycles. The molecule has 150 valence electrons. The van der Waals surface area contributed by atoms with Crippen LogP contribution in [0.25, 0.3) is 0 Å². The van der Waals surface area contributed by atoms with E-state index in [1.165, 1.54) is 11.1 Å². The first-order chi connectivity index (χ1) is 12.5. The quantitative estimate of drug-likeness (QED) is 0.411. The lowest BCUT2D eigenvalue weighted by molar-refractivity contribution is -0.116. The summed E-state index contributed by atoms with van der Waals surface area (Å²) in [5, 5.41) is 10.7. The Labute approximate surface area is 164 Å². The Bertz CT molecular complexity index is 708. The molecule has 0 aromatic rings. The topological polar surface area (TPSA) is 54.4 Å². The van der Waals surface area contributed by atoms with Crippen LogP contribution in [0.1, 0.15) is 87.0 Å². The van der Waals surface area contributed by atoms with Crippen molar-refractivity contribution in [2.24, 2.45) is 0 Å². The summed E-state index contributed by atoms with van der Waals surface area (Å²) in [6.07, 6.45) is 8.92. The van der Waals surface area contributed by atoms with E-state index in [1.54, 1.807) is 20.8 Å². The number of aliphatic hydroxyl groups is 1. The van der Waals surface area contributed by atoms with Gasteiger partial charge >= 0.3 is 0 Å². The summed E-state index contributed by atoms with van der Waals surface area (Å²) in [5.74, 6) is -0.0907. The van der Waals surface area contributed by atoms with Crippen molar-refractivity contribution in [3.8, 4) is 0 Å². The third-order valence-corrected chi connectivity index (χ3v) is 5.49. The highest BCUT2D eigenvalue weighted by atomic mass is 16.3. The minimum Gasteiger partial charge on any atom is -0.390 e. The highest BCUT2D eigenvalue weighted by molar-refractivity contribution is 6.24. The smallest absolute Gasteiger partial charge is 0.185 e. The van der Waals surface area contributed by atoms with Crippen LogP contribution in [0, 0.1) is 0 Å². The van der Waals surface area contributed by atoms with Crippen LogP contribution in [-0.2, 0) is 9.59 Å². The molecule has 0 heterocycles. The van der Waals surface area contributed by atoms with Crippen molar-refractivity contribution in [1.29, 1.82) is 0 Å². The van der Waals surface area contributed by atoms with Crippen LogP contribution >= 0.6 is 0 Å². The Morgan fingerprint density at radius 2 is 1.48 bits per heavy atom. The van der Waals surface area contributed by atoms with Gasteiger partial charge in [-0.3, -0.25) is 9.59 Å². The maximum Gasteiger partial charge on any atom is 0.185 e. The summed E-state index contributed by atoms with van der Waals surface area (Å²) in [7, 11) is 0. The van der Waals surface area contributed by atoms with Crippen molar-refractivity contribution in [2.75, 3.05) is 0 Å². The lowest BCUT2D eigenvalue weighted by Crippen LogP contribution is -2.26. The van der Waals surface area contributed by atoms with Crippen molar-refractivity contribution in [2.45, 2.75) is 92.6 Å². The normalized spacial score (nSPS) is 18.1. The second-order valence-electron chi connectivity index (χ2n) is 8.42. The lowest BCUT2D eigenvalue weighted by Gasteiger charge is -2.25. The second-order valence-corrected chi connectivity index (χ2v) is 8.42. The van der Waals surface area contributed by atoms with Crippen LogP contribution in [-0.4, -0.2) is 22.3 Å². The van der Waals surface area contributed by atoms with Gasteiger partial charge in [0.05, 0.1) is 5.60 Å². The number of hydrogen-bond donors (Lipinski definition) is 1. The van der Waals surface area contributed by atoms with E-state index in [9.17, 15) is 14.7 Å². The van der Waals surface area contributed by atoms with Crippen LogP contribution in [0.15, 0.2) is 45.6 Å². The molecule has 3 nitrogen and oxygen atoms in total. The van der Waals surface area contributed by atoms with Crippen LogP contribution < -0.4 is 0 Å². The minimum atomic E-state index is -0.850. The van der Waals surface area contributed by atoms with Gasteiger partial charge in [0.1, 0.15) is 0 Å². The first kappa shape index (κ1) is 23.3. The zero-order valence-corrected chi connectivity index (χ0v) is 18.2. The molecule has 1 aliphatic carbocycles. The zero-order valence-electron chi connectivity index (χ0n) is 18.2. The van der Waals surface area contributed by atoms with E-state index in [4.69, 9.17) is 0 Å². The maximum atomic E-state index is 12.5. The van der Waals surface area contributed by atoms with Gasteiger partial charge in [-0.05, 0) is 87.0 Å². The summed E-state index contributed by atoms with van der Waals surface area (Å²) in [6.45, 7) is 13.3. The molecule has 0 aromatic carbocycles. The molecule has 0 radical (unpaired) electrons. The first-order valence-corrected chi connectivity index (χ1v) is 9.94. The number of ketones is 2. The summed E-state index contributed by atoms with van der Waals surface area (Å²) in [6, 6.07) is 0. The van der Waals surface area contributed by atoms with Crippen LogP contribution in [0.4, 0.5) is 0 Å². The molecular formula is C24H36O3. The van der Waals surface area contributed by atoms with Gasteiger partial charge in [0.25, 0.3) is 0 Å². The molecule has 3 heteroatoms. The van der Waals surface area contributed by atoms with Crippen LogP contribution in [0.3, 0.4) is 0 Å². The Balaban J connectivity index is 2.60. The molecule has 0 aromatic heterocycles. The average molecular weight is 373 g/mol. The first-order valence-electron chi connectivity index (χ1n) is 9.94. The molecule has 1 aliphatic rings. The second kappa shape index (κ2) is 9.98. The molecule has 0 saturated carbocycles. The van der Waals surface area contributed by atoms with Crippen molar-refractivity contribution < 1.29 is 14.7 Å².